The Morgan fingerprint density at radius 1 is 1.13 bits per heavy atom. The molecular formula is C23H21N5O2. The molecule has 0 spiro atoms. The summed E-state index contributed by atoms with van der Waals surface area (Å²) in [6, 6.07) is 11.1. The Hall–Kier alpha value is -3.66. The molecule has 1 saturated heterocycles. The molecular weight excluding hydrogens is 378 g/mol. The summed E-state index contributed by atoms with van der Waals surface area (Å²) in [6.45, 7) is 10.9. The third kappa shape index (κ3) is 3.01. The highest BCUT2D eigenvalue weighted by Crippen LogP contribution is 2.34. The maximum atomic E-state index is 12.5. The minimum Gasteiger partial charge on any atom is -0.440 e. The molecule has 1 fully saturated rings. The van der Waals surface area contributed by atoms with E-state index in [1.54, 1.807) is 29.8 Å². The first-order chi connectivity index (χ1) is 14.5. The lowest BCUT2D eigenvalue weighted by molar-refractivity contribution is 0.407. The van der Waals surface area contributed by atoms with Gasteiger partial charge < -0.3 is 18.7 Å². The van der Waals surface area contributed by atoms with Crippen LogP contribution in [-0.2, 0) is 7.05 Å². The number of aromatic nitrogens is 3. The van der Waals surface area contributed by atoms with E-state index in [0.717, 1.165) is 54.1 Å². The average Bonchev–Trinajstić information content (AvgIpc) is 3.19. The van der Waals surface area contributed by atoms with Crippen LogP contribution in [0.2, 0.25) is 0 Å². The van der Waals surface area contributed by atoms with Crippen LogP contribution in [-0.4, -0.2) is 27.6 Å². The molecule has 0 amide bonds. The van der Waals surface area contributed by atoms with E-state index < -0.39 is 0 Å². The molecule has 1 aliphatic rings. The van der Waals surface area contributed by atoms with E-state index in [2.05, 4.69) is 14.7 Å². The van der Waals surface area contributed by atoms with Crippen LogP contribution < -0.4 is 10.5 Å². The maximum Gasteiger partial charge on any atom is 0.270 e. The monoisotopic (exact) mass is 399 g/mol. The second-order valence-corrected chi connectivity index (χ2v) is 7.86. The van der Waals surface area contributed by atoms with Crippen molar-refractivity contribution < 1.29 is 4.42 Å². The van der Waals surface area contributed by atoms with Gasteiger partial charge in [-0.3, -0.25) is 4.79 Å². The van der Waals surface area contributed by atoms with Crippen LogP contribution in [0.25, 0.3) is 27.0 Å². The Bertz CT molecular complexity index is 1370. The second kappa shape index (κ2) is 6.99. The second-order valence-electron chi connectivity index (χ2n) is 7.86. The number of nitrogens with zero attached hydrogens (tertiary/aromatic N) is 5. The quantitative estimate of drug-likeness (QED) is 0.470. The standard InChI is InChI=1S/C23H21N5O2/c1-14-4-6-19-16(12-14)25-23(30-19)15-8-10-28(11-9-15)18-13-21(29)27(3)17-5-7-20(24-2)26-22(17)18/h4-7,12-13,15H,8-11H2,1,3H3. The molecule has 4 heterocycles. The number of rotatable bonds is 2. The summed E-state index contributed by atoms with van der Waals surface area (Å²) in [5, 5.41) is 0. The molecule has 150 valence electrons. The number of oxazole rings is 1. The van der Waals surface area contributed by atoms with E-state index in [-0.39, 0.29) is 11.5 Å². The van der Waals surface area contributed by atoms with E-state index in [1.807, 2.05) is 25.1 Å². The van der Waals surface area contributed by atoms with Crippen molar-refractivity contribution in [3.05, 3.63) is 69.6 Å². The van der Waals surface area contributed by atoms with E-state index in [0.29, 0.717) is 11.3 Å². The zero-order valence-electron chi connectivity index (χ0n) is 16.9. The first kappa shape index (κ1) is 18.4. The minimum atomic E-state index is -0.0775. The summed E-state index contributed by atoms with van der Waals surface area (Å²) in [5.41, 5.74) is 5.05. The normalized spacial score (nSPS) is 15.0. The van der Waals surface area contributed by atoms with Crippen LogP contribution in [0.4, 0.5) is 11.5 Å². The van der Waals surface area contributed by atoms with E-state index in [9.17, 15) is 4.79 Å². The van der Waals surface area contributed by atoms with Crippen LogP contribution in [0.3, 0.4) is 0 Å². The molecule has 7 nitrogen and oxygen atoms in total. The number of benzene rings is 1. The van der Waals surface area contributed by atoms with Gasteiger partial charge in [-0.1, -0.05) is 12.6 Å². The van der Waals surface area contributed by atoms with Crippen molar-refractivity contribution in [2.45, 2.75) is 25.7 Å². The van der Waals surface area contributed by atoms with Gasteiger partial charge >= 0.3 is 0 Å². The van der Waals surface area contributed by atoms with Gasteiger partial charge in [0.1, 0.15) is 5.52 Å². The molecule has 5 rings (SSSR count). The van der Waals surface area contributed by atoms with Crippen molar-refractivity contribution in [2.24, 2.45) is 7.05 Å². The van der Waals surface area contributed by atoms with Crippen LogP contribution in [0.5, 0.6) is 0 Å². The lowest BCUT2D eigenvalue weighted by Crippen LogP contribution is -2.34. The molecule has 0 bridgehead atoms. The molecule has 4 aromatic rings. The lowest BCUT2D eigenvalue weighted by atomic mass is 9.96. The molecule has 0 aliphatic carbocycles. The third-order valence-electron chi connectivity index (χ3n) is 5.91. The summed E-state index contributed by atoms with van der Waals surface area (Å²) in [5.74, 6) is 1.37. The van der Waals surface area contributed by atoms with Crippen molar-refractivity contribution in [3.8, 4) is 0 Å². The predicted octanol–water partition coefficient (Wildman–Crippen LogP) is 4.32. The van der Waals surface area contributed by atoms with Gasteiger partial charge in [-0.25, -0.2) is 4.98 Å². The topological polar surface area (TPSA) is 68.5 Å². The number of hydrogen-bond donors (Lipinski definition) is 0. The zero-order chi connectivity index (χ0) is 20.8. The summed E-state index contributed by atoms with van der Waals surface area (Å²) >= 11 is 0. The van der Waals surface area contributed by atoms with Crippen molar-refractivity contribution >= 4 is 33.6 Å². The number of fused-ring (bicyclic) bond motifs is 2. The smallest absolute Gasteiger partial charge is 0.270 e. The number of pyridine rings is 2. The molecule has 1 aromatic carbocycles. The number of hydrogen-bond acceptors (Lipinski definition) is 5. The number of piperidine rings is 1. The predicted molar refractivity (Wildman–Crippen MR) is 116 cm³/mol. The zero-order valence-corrected chi connectivity index (χ0v) is 16.9. The number of anilines is 1. The molecule has 0 N–H and O–H groups in total. The first-order valence-corrected chi connectivity index (χ1v) is 10.0. The minimum absolute atomic E-state index is 0.0775. The summed E-state index contributed by atoms with van der Waals surface area (Å²) in [7, 11) is 1.73. The largest absolute Gasteiger partial charge is 0.440 e. The van der Waals surface area contributed by atoms with Crippen molar-refractivity contribution in [1.82, 2.24) is 14.5 Å². The summed E-state index contributed by atoms with van der Waals surface area (Å²) in [6.07, 6.45) is 1.76. The van der Waals surface area contributed by atoms with Gasteiger partial charge in [0.15, 0.2) is 11.5 Å². The Labute approximate surface area is 173 Å². The van der Waals surface area contributed by atoms with Gasteiger partial charge in [0, 0.05) is 32.1 Å². The van der Waals surface area contributed by atoms with Crippen LogP contribution in [0.15, 0.2) is 45.6 Å². The van der Waals surface area contributed by atoms with E-state index >= 15 is 0 Å². The van der Waals surface area contributed by atoms with E-state index in [4.69, 9.17) is 16.0 Å². The van der Waals surface area contributed by atoms with E-state index in [1.165, 1.54) is 5.56 Å². The highest BCUT2D eigenvalue weighted by atomic mass is 16.3. The van der Waals surface area contributed by atoms with Gasteiger partial charge in [-0.15, -0.1) is 4.98 Å². The fraction of sp³-hybridized carbons (Fsp3) is 0.304. The van der Waals surface area contributed by atoms with Crippen LogP contribution in [0, 0.1) is 13.5 Å². The maximum absolute atomic E-state index is 12.5. The molecule has 0 radical (unpaired) electrons. The summed E-state index contributed by atoms with van der Waals surface area (Å²) < 4.78 is 7.59. The first-order valence-electron chi connectivity index (χ1n) is 10.0. The Balaban J connectivity index is 1.45. The Morgan fingerprint density at radius 3 is 2.70 bits per heavy atom. The third-order valence-corrected chi connectivity index (χ3v) is 5.91. The van der Waals surface area contributed by atoms with Gasteiger partial charge in [-0.2, -0.15) is 0 Å². The fourth-order valence-electron chi connectivity index (χ4n) is 4.20. The van der Waals surface area contributed by atoms with Crippen molar-refractivity contribution in [3.63, 3.8) is 0 Å². The summed E-state index contributed by atoms with van der Waals surface area (Å²) in [4.78, 5) is 27.3. The SMILES string of the molecule is [C-]#[N+]c1ccc2c(n1)c(N1CCC(c3nc4cc(C)ccc4o3)CC1)cc(=O)n2C. The molecule has 0 atom stereocenters. The van der Waals surface area contributed by atoms with Gasteiger partial charge in [0.25, 0.3) is 11.4 Å². The molecule has 7 heteroatoms. The molecule has 1 aliphatic heterocycles. The molecule has 3 aromatic heterocycles. The van der Waals surface area contributed by atoms with Gasteiger partial charge in [0.05, 0.1) is 11.2 Å². The Kier molecular flexibility index (Phi) is 4.28. The Morgan fingerprint density at radius 2 is 1.93 bits per heavy atom. The molecule has 0 unspecified atom stereocenters. The van der Waals surface area contributed by atoms with Crippen molar-refractivity contribution in [2.75, 3.05) is 18.0 Å². The molecule has 30 heavy (non-hydrogen) atoms. The van der Waals surface area contributed by atoms with Crippen molar-refractivity contribution in [1.29, 1.82) is 0 Å². The highest BCUT2D eigenvalue weighted by Gasteiger charge is 2.27. The van der Waals surface area contributed by atoms with Gasteiger partial charge in [-0.05, 0) is 49.6 Å². The lowest BCUT2D eigenvalue weighted by Gasteiger charge is -2.32. The molecule has 0 saturated carbocycles. The average molecular weight is 399 g/mol. The fourth-order valence-corrected chi connectivity index (χ4v) is 4.20. The van der Waals surface area contributed by atoms with Crippen LogP contribution >= 0.6 is 0 Å². The number of aryl methyl sites for hydroxylation is 2. The van der Waals surface area contributed by atoms with Crippen LogP contribution in [0.1, 0.15) is 30.2 Å². The van der Waals surface area contributed by atoms with Gasteiger partial charge in [0.2, 0.25) is 5.52 Å². The highest BCUT2D eigenvalue weighted by molar-refractivity contribution is 5.89.